The molecule has 0 fully saturated rings. The monoisotopic (exact) mass is 304 g/mol. The van der Waals surface area contributed by atoms with Gasteiger partial charge in [0.25, 0.3) is 0 Å². The van der Waals surface area contributed by atoms with E-state index in [0.29, 0.717) is 10.0 Å². The van der Waals surface area contributed by atoms with Gasteiger partial charge < -0.3 is 10.3 Å². The average Bonchev–Trinajstić information content (AvgIpc) is 2.89. The Morgan fingerprint density at radius 1 is 1.10 bits per heavy atom. The second-order valence-electron chi connectivity index (χ2n) is 4.79. The van der Waals surface area contributed by atoms with Gasteiger partial charge in [0.1, 0.15) is 0 Å². The number of nitrogens with one attached hydrogen (secondary N) is 2. The van der Waals surface area contributed by atoms with E-state index in [4.69, 9.17) is 23.2 Å². The molecule has 2 N–H and O–H groups in total. The van der Waals surface area contributed by atoms with Crippen LogP contribution in [0.3, 0.4) is 0 Å². The van der Waals surface area contributed by atoms with Crippen LogP contribution < -0.4 is 5.32 Å². The number of aromatic nitrogens is 1. The quantitative estimate of drug-likeness (QED) is 0.643. The lowest BCUT2D eigenvalue weighted by Gasteiger charge is -2.17. The number of rotatable bonds is 3. The predicted molar refractivity (Wildman–Crippen MR) is 86.8 cm³/mol. The van der Waals surface area contributed by atoms with Crippen molar-refractivity contribution in [1.29, 1.82) is 0 Å². The van der Waals surface area contributed by atoms with E-state index in [1.165, 1.54) is 5.39 Å². The number of aromatic amines is 1. The molecule has 4 heteroatoms. The van der Waals surface area contributed by atoms with Crippen molar-refractivity contribution in [3.8, 4) is 0 Å². The maximum Gasteiger partial charge on any atom is 0.0644 e. The Balaban J connectivity index is 1.87. The van der Waals surface area contributed by atoms with Crippen molar-refractivity contribution < 1.29 is 0 Å². The smallest absolute Gasteiger partial charge is 0.0644 e. The summed E-state index contributed by atoms with van der Waals surface area (Å²) in [7, 11) is 0. The first-order valence-corrected chi connectivity index (χ1v) is 7.18. The standard InChI is InChI=1S/C16H14Cl2N2/c1-10(13-3-2-4-14(17)16(13)18)20-12-5-6-15-11(9-12)7-8-19-15/h2-10,19-20H,1H3. The molecule has 0 aliphatic rings. The van der Waals surface area contributed by atoms with Gasteiger partial charge in [-0.25, -0.2) is 0 Å². The Hall–Kier alpha value is -1.64. The zero-order valence-electron chi connectivity index (χ0n) is 11.0. The van der Waals surface area contributed by atoms with Crippen LogP contribution in [0.15, 0.2) is 48.7 Å². The third-order valence-electron chi connectivity index (χ3n) is 3.38. The Morgan fingerprint density at radius 2 is 1.95 bits per heavy atom. The molecule has 0 saturated carbocycles. The van der Waals surface area contributed by atoms with Crippen LogP contribution in [0.5, 0.6) is 0 Å². The second-order valence-corrected chi connectivity index (χ2v) is 5.57. The van der Waals surface area contributed by atoms with Crippen LogP contribution in [-0.4, -0.2) is 4.98 Å². The highest BCUT2D eigenvalue weighted by atomic mass is 35.5. The molecular weight excluding hydrogens is 291 g/mol. The predicted octanol–water partition coefficient (Wildman–Crippen LogP) is 5.65. The van der Waals surface area contributed by atoms with E-state index < -0.39 is 0 Å². The molecule has 0 aliphatic heterocycles. The topological polar surface area (TPSA) is 27.8 Å². The number of fused-ring (bicyclic) bond motifs is 1. The van der Waals surface area contributed by atoms with Gasteiger partial charge in [0.05, 0.1) is 16.1 Å². The van der Waals surface area contributed by atoms with Crippen LogP contribution in [0.1, 0.15) is 18.5 Å². The lowest BCUT2D eigenvalue weighted by molar-refractivity contribution is 0.885. The van der Waals surface area contributed by atoms with Crippen molar-refractivity contribution >= 4 is 39.8 Å². The molecular formula is C16H14Cl2N2. The first-order chi connectivity index (χ1) is 9.65. The largest absolute Gasteiger partial charge is 0.378 e. The van der Waals surface area contributed by atoms with Crippen LogP contribution in [0.25, 0.3) is 10.9 Å². The van der Waals surface area contributed by atoms with Crippen LogP contribution in [0.4, 0.5) is 5.69 Å². The average molecular weight is 305 g/mol. The van der Waals surface area contributed by atoms with Crippen LogP contribution >= 0.6 is 23.2 Å². The van der Waals surface area contributed by atoms with Crippen molar-refractivity contribution in [1.82, 2.24) is 4.98 Å². The molecule has 1 aromatic heterocycles. The molecule has 3 aromatic rings. The minimum Gasteiger partial charge on any atom is -0.378 e. The summed E-state index contributed by atoms with van der Waals surface area (Å²) in [6.07, 6.45) is 1.94. The number of halogens is 2. The molecule has 0 spiro atoms. The molecule has 102 valence electrons. The van der Waals surface area contributed by atoms with Crippen LogP contribution in [0, 0.1) is 0 Å². The summed E-state index contributed by atoms with van der Waals surface area (Å²) < 4.78 is 0. The molecule has 0 bridgehead atoms. The third kappa shape index (κ3) is 2.49. The van der Waals surface area contributed by atoms with Gasteiger partial charge in [0, 0.05) is 22.8 Å². The summed E-state index contributed by atoms with van der Waals surface area (Å²) in [6.45, 7) is 2.07. The Kier molecular flexibility index (Phi) is 3.60. The maximum absolute atomic E-state index is 6.25. The number of hydrogen-bond acceptors (Lipinski definition) is 1. The molecule has 0 amide bonds. The van der Waals surface area contributed by atoms with Crippen molar-refractivity contribution in [2.24, 2.45) is 0 Å². The lowest BCUT2D eigenvalue weighted by atomic mass is 10.1. The summed E-state index contributed by atoms with van der Waals surface area (Å²) in [6, 6.07) is 14.1. The maximum atomic E-state index is 6.25. The minimum absolute atomic E-state index is 0.0811. The molecule has 2 nitrogen and oxygen atoms in total. The van der Waals surface area contributed by atoms with E-state index in [2.05, 4.69) is 35.4 Å². The van der Waals surface area contributed by atoms with Gasteiger partial charge in [0.15, 0.2) is 0 Å². The summed E-state index contributed by atoms with van der Waals surface area (Å²) in [5.74, 6) is 0. The van der Waals surface area contributed by atoms with E-state index in [1.807, 2.05) is 24.4 Å². The van der Waals surface area contributed by atoms with Gasteiger partial charge in [-0.2, -0.15) is 0 Å². The van der Waals surface area contributed by atoms with Crippen molar-refractivity contribution in [3.05, 3.63) is 64.3 Å². The van der Waals surface area contributed by atoms with Crippen LogP contribution in [-0.2, 0) is 0 Å². The normalized spacial score (nSPS) is 12.6. The molecule has 0 saturated heterocycles. The van der Waals surface area contributed by atoms with Crippen molar-refractivity contribution in [3.63, 3.8) is 0 Å². The highest BCUT2D eigenvalue weighted by molar-refractivity contribution is 6.42. The number of anilines is 1. The number of benzene rings is 2. The zero-order valence-corrected chi connectivity index (χ0v) is 12.5. The van der Waals surface area contributed by atoms with Gasteiger partial charge in [-0.1, -0.05) is 35.3 Å². The number of H-pyrrole nitrogens is 1. The lowest BCUT2D eigenvalue weighted by Crippen LogP contribution is -2.07. The molecule has 0 aliphatic carbocycles. The fraction of sp³-hybridized carbons (Fsp3) is 0.125. The molecule has 0 radical (unpaired) electrons. The highest BCUT2D eigenvalue weighted by Gasteiger charge is 2.11. The van der Waals surface area contributed by atoms with E-state index in [0.717, 1.165) is 16.8 Å². The molecule has 1 unspecified atom stereocenters. The first kappa shape index (κ1) is 13.3. The highest BCUT2D eigenvalue weighted by Crippen LogP contribution is 2.31. The molecule has 1 heterocycles. The van der Waals surface area contributed by atoms with E-state index in [9.17, 15) is 0 Å². The van der Waals surface area contributed by atoms with Gasteiger partial charge in [0.2, 0.25) is 0 Å². The molecule has 2 aromatic carbocycles. The van der Waals surface area contributed by atoms with Crippen molar-refractivity contribution in [2.45, 2.75) is 13.0 Å². The first-order valence-electron chi connectivity index (χ1n) is 6.43. The zero-order chi connectivity index (χ0) is 14.1. The van der Waals surface area contributed by atoms with Crippen LogP contribution in [0.2, 0.25) is 10.0 Å². The summed E-state index contributed by atoms with van der Waals surface area (Å²) >= 11 is 12.3. The number of hydrogen-bond donors (Lipinski definition) is 2. The van der Waals surface area contributed by atoms with Gasteiger partial charge in [-0.3, -0.25) is 0 Å². The van der Waals surface area contributed by atoms with Gasteiger partial charge in [-0.15, -0.1) is 0 Å². The summed E-state index contributed by atoms with van der Waals surface area (Å²) in [5.41, 5.74) is 3.18. The molecule has 20 heavy (non-hydrogen) atoms. The van der Waals surface area contributed by atoms with Gasteiger partial charge in [-0.05, 0) is 42.8 Å². The fourth-order valence-corrected chi connectivity index (χ4v) is 2.80. The second kappa shape index (κ2) is 5.39. The minimum atomic E-state index is 0.0811. The summed E-state index contributed by atoms with van der Waals surface area (Å²) in [5, 5.41) is 5.82. The Morgan fingerprint density at radius 3 is 2.80 bits per heavy atom. The molecule has 1 atom stereocenters. The van der Waals surface area contributed by atoms with Gasteiger partial charge >= 0.3 is 0 Å². The van der Waals surface area contributed by atoms with Crippen molar-refractivity contribution in [2.75, 3.05) is 5.32 Å². The SMILES string of the molecule is CC(Nc1ccc2[nH]ccc2c1)c1cccc(Cl)c1Cl. The third-order valence-corrected chi connectivity index (χ3v) is 4.22. The van der Waals surface area contributed by atoms with E-state index in [1.54, 1.807) is 6.07 Å². The Bertz CT molecular complexity index is 749. The summed E-state index contributed by atoms with van der Waals surface area (Å²) in [4.78, 5) is 3.18. The van der Waals surface area contributed by atoms with E-state index >= 15 is 0 Å². The fourth-order valence-electron chi connectivity index (χ4n) is 2.33. The Labute approximate surface area is 127 Å². The van der Waals surface area contributed by atoms with E-state index in [-0.39, 0.29) is 6.04 Å². The molecule has 3 rings (SSSR count).